The van der Waals surface area contributed by atoms with Gasteiger partial charge in [-0.3, -0.25) is 4.79 Å². The van der Waals surface area contributed by atoms with E-state index in [4.69, 9.17) is 13.7 Å². The van der Waals surface area contributed by atoms with Crippen molar-refractivity contribution in [1.82, 2.24) is 10.5 Å². The summed E-state index contributed by atoms with van der Waals surface area (Å²) in [5.41, 5.74) is 6.82. The third-order valence-corrected chi connectivity index (χ3v) is 5.92. The van der Waals surface area contributed by atoms with Crippen LogP contribution in [0.2, 0.25) is 0 Å². The number of fused-ring (bicyclic) bond motifs is 1. The molecule has 0 saturated carbocycles. The highest BCUT2D eigenvalue weighted by Crippen LogP contribution is 2.32. The Bertz CT molecular complexity index is 1300. The van der Waals surface area contributed by atoms with Crippen LogP contribution in [-0.2, 0) is 16.0 Å². The SMILES string of the molecule is Cc1ccc(C(CNC(=O)Cc2ccc3oc(-c4c(C)noc4C)cc3c2)OC(C)C)c(C)c1. The van der Waals surface area contributed by atoms with E-state index >= 15 is 0 Å². The number of benzene rings is 2. The van der Waals surface area contributed by atoms with Crippen molar-refractivity contribution < 1.29 is 18.5 Å². The number of nitrogens with zero attached hydrogens (tertiary/aromatic N) is 1. The molecule has 1 unspecified atom stereocenters. The summed E-state index contributed by atoms with van der Waals surface area (Å²) in [7, 11) is 0. The second-order valence-corrected chi connectivity index (χ2v) is 9.20. The van der Waals surface area contributed by atoms with E-state index in [1.54, 1.807) is 0 Å². The maximum absolute atomic E-state index is 12.8. The fourth-order valence-corrected chi connectivity index (χ4v) is 4.36. The number of carbonyl (C=O) groups is 1. The normalized spacial score (nSPS) is 12.4. The lowest BCUT2D eigenvalue weighted by atomic mass is 10.0. The largest absolute Gasteiger partial charge is 0.456 e. The van der Waals surface area contributed by atoms with Crippen LogP contribution in [0, 0.1) is 27.7 Å². The van der Waals surface area contributed by atoms with Crippen LogP contribution < -0.4 is 5.32 Å². The Morgan fingerprint density at radius 1 is 1.06 bits per heavy atom. The first-order valence-corrected chi connectivity index (χ1v) is 11.7. The number of aromatic nitrogens is 1. The predicted molar refractivity (Wildman–Crippen MR) is 133 cm³/mol. The minimum Gasteiger partial charge on any atom is -0.456 e. The molecule has 0 bridgehead atoms. The van der Waals surface area contributed by atoms with E-state index in [0.717, 1.165) is 44.9 Å². The van der Waals surface area contributed by atoms with Crippen molar-refractivity contribution in [2.75, 3.05) is 6.54 Å². The van der Waals surface area contributed by atoms with E-state index in [1.807, 2.05) is 52.0 Å². The maximum atomic E-state index is 12.8. The van der Waals surface area contributed by atoms with Crippen molar-refractivity contribution in [3.8, 4) is 11.3 Å². The summed E-state index contributed by atoms with van der Waals surface area (Å²) >= 11 is 0. The molecule has 0 fully saturated rings. The fourth-order valence-electron chi connectivity index (χ4n) is 4.36. The lowest BCUT2D eigenvalue weighted by Crippen LogP contribution is -2.31. The monoisotopic (exact) mass is 460 g/mol. The van der Waals surface area contributed by atoms with Gasteiger partial charge < -0.3 is 19.0 Å². The van der Waals surface area contributed by atoms with Crippen molar-refractivity contribution >= 4 is 16.9 Å². The Morgan fingerprint density at radius 3 is 2.53 bits per heavy atom. The summed E-state index contributed by atoms with van der Waals surface area (Å²) in [4.78, 5) is 12.8. The molecule has 2 heterocycles. The molecule has 0 aliphatic heterocycles. The molecule has 4 rings (SSSR count). The van der Waals surface area contributed by atoms with Crippen LogP contribution in [0.3, 0.4) is 0 Å². The molecular formula is C28H32N2O4. The van der Waals surface area contributed by atoms with E-state index in [9.17, 15) is 4.79 Å². The van der Waals surface area contributed by atoms with Crippen LogP contribution >= 0.6 is 0 Å². The summed E-state index contributed by atoms with van der Waals surface area (Å²) in [5.74, 6) is 1.39. The first-order valence-electron chi connectivity index (χ1n) is 11.7. The van der Waals surface area contributed by atoms with Gasteiger partial charge in [-0.25, -0.2) is 0 Å². The first kappa shape index (κ1) is 23.8. The summed E-state index contributed by atoms with van der Waals surface area (Å²) in [6.07, 6.45) is 0.139. The van der Waals surface area contributed by atoms with Crippen LogP contribution in [0.1, 0.15) is 53.7 Å². The van der Waals surface area contributed by atoms with Gasteiger partial charge in [0.25, 0.3) is 0 Å². The Morgan fingerprint density at radius 2 is 1.85 bits per heavy atom. The predicted octanol–water partition coefficient (Wildman–Crippen LogP) is 6.15. The van der Waals surface area contributed by atoms with Crippen LogP contribution in [0.25, 0.3) is 22.3 Å². The Hall–Kier alpha value is -3.38. The topological polar surface area (TPSA) is 77.5 Å². The summed E-state index contributed by atoms with van der Waals surface area (Å²) in [5, 5.41) is 8.01. The van der Waals surface area contributed by atoms with Gasteiger partial charge in [0.15, 0.2) is 0 Å². The molecular weight excluding hydrogens is 428 g/mol. The molecule has 0 saturated heterocycles. The summed E-state index contributed by atoms with van der Waals surface area (Å²) < 4.78 is 17.4. The van der Waals surface area contributed by atoms with E-state index in [2.05, 4.69) is 42.5 Å². The van der Waals surface area contributed by atoms with Gasteiger partial charge in [-0.1, -0.05) is 35.0 Å². The number of aryl methyl sites for hydroxylation is 4. The lowest BCUT2D eigenvalue weighted by molar-refractivity contribution is -0.121. The Kier molecular flexibility index (Phi) is 6.89. The van der Waals surface area contributed by atoms with E-state index < -0.39 is 0 Å². The molecule has 0 aliphatic carbocycles. The highest BCUT2D eigenvalue weighted by Gasteiger charge is 2.19. The first-order chi connectivity index (χ1) is 16.2. The molecule has 178 valence electrons. The highest BCUT2D eigenvalue weighted by atomic mass is 16.5. The number of carbonyl (C=O) groups excluding carboxylic acids is 1. The molecule has 0 radical (unpaired) electrons. The van der Waals surface area contributed by atoms with E-state index in [-0.39, 0.29) is 24.5 Å². The van der Waals surface area contributed by atoms with E-state index in [1.165, 1.54) is 11.1 Å². The molecule has 6 nitrogen and oxygen atoms in total. The van der Waals surface area contributed by atoms with Gasteiger partial charge in [0.2, 0.25) is 5.91 Å². The number of amides is 1. The summed E-state index contributed by atoms with van der Waals surface area (Å²) in [6.45, 7) is 12.4. The molecule has 0 aliphatic rings. The summed E-state index contributed by atoms with van der Waals surface area (Å²) in [6, 6.07) is 14.1. The molecule has 1 N–H and O–H groups in total. The van der Waals surface area contributed by atoms with Gasteiger partial charge in [-0.05, 0) is 76.4 Å². The fraction of sp³-hybridized carbons (Fsp3) is 0.357. The number of furan rings is 1. The maximum Gasteiger partial charge on any atom is 0.224 e. The van der Waals surface area contributed by atoms with Gasteiger partial charge >= 0.3 is 0 Å². The number of hydrogen-bond donors (Lipinski definition) is 1. The highest BCUT2D eigenvalue weighted by molar-refractivity contribution is 5.86. The van der Waals surface area contributed by atoms with Crippen LogP contribution in [0.15, 0.2) is 51.4 Å². The molecule has 0 spiro atoms. The lowest BCUT2D eigenvalue weighted by Gasteiger charge is -2.23. The van der Waals surface area contributed by atoms with Crippen LogP contribution in [-0.4, -0.2) is 23.7 Å². The average molecular weight is 461 g/mol. The van der Waals surface area contributed by atoms with Gasteiger partial charge in [-0.15, -0.1) is 0 Å². The third kappa shape index (κ3) is 5.23. The quantitative estimate of drug-likeness (QED) is 0.341. The number of nitrogens with one attached hydrogen (secondary N) is 1. The molecule has 34 heavy (non-hydrogen) atoms. The van der Waals surface area contributed by atoms with Gasteiger partial charge in [0.1, 0.15) is 23.2 Å². The average Bonchev–Trinajstić information content (AvgIpc) is 3.32. The number of hydrogen-bond acceptors (Lipinski definition) is 5. The Labute approximate surface area is 200 Å². The molecule has 1 atom stereocenters. The Balaban J connectivity index is 1.45. The van der Waals surface area contributed by atoms with Crippen LogP contribution in [0.5, 0.6) is 0 Å². The smallest absolute Gasteiger partial charge is 0.224 e. The van der Waals surface area contributed by atoms with Crippen molar-refractivity contribution in [3.05, 3.63) is 76.2 Å². The van der Waals surface area contributed by atoms with E-state index in [0.29, 0.717) is 6.54 Å². The van der Waals surface area contributed by atoms with Gasteiger partial charge in [-0.2, -0.15) is 0 Å². The van der Waals surface area contributed by atoms with Crippen LogP contribution in [0.4, 0.5) is 0 Å². The molecule has 4 aromatic rings. The zero-order chi connectivity index (χ0) is 24.4. The number of rotatable bonds is 8. The second kappa shape index (κ2) is 9.85. The zero-order valence-electron chi connectivity index (χ0n) is 20.7. The van der Waals surface area contributed by atoms with Crippen molar-refractivity contribution in [2.24, 2.45) is 0 Å². The van der Waals surface area contributed by atoms with Crippen molar-refractivity contribution in [2.45, 2.75) is 60.2 Å². The zero-order valence-corrected chi connectivity index (χ0v) is 20.7. The van der Waals surface area contributed by atoms with Crippen molar-refractivity contribution in [1.29, 1.82) is 0 Å². The second-order valence-electron chi connectivity index (χ2n) is 9.20. The van der Waals surface area contributed by atoms with Crippen molar-refractivity contribution in [3.63, 3.8) is 0 Å². The molecule has 2 aromatic carbocycles. The molecule has 1 amide bonds. The molecule has 2 aromatic heterocycles. The molecule has 6 heteroatoms. The minimum atomic E-state index is -0.196. The third-order valence-electron chi connectivity index (χ3n) is 5.92. The number of ether oxygens (including phenoxy) is 1. The van der Waals surface area contributed by atoms with Gasteiger partial charge in [0.05, 0.1) is 23.8 Å². The van der Waals surface area contributed by atoms with Gasteiger partial charge in [0, 0.05) is 11.9 Å². The minimum absolute atomic E-state index is 0.0455. The standard InChI is InChI=1S/C28H32N2O4/c1-16(2)32-26(23-9-7-17(3)11-18(23)4)15-29-27(31)13-21-8-10-24-22(12-21)14-25(33-24)28-19(5)30-34-20(28)6/h7-12,14,16,26H,13,15H2,1-6H3,(H,29,31).